The highest BCUT2D eigenvalue weighted by atomic mass is 16.5. The minimum Gasteiger partial charge on any atom is -0.376 e. The highest BCUT2D eigenvalue weighted by Crippen LogP contribution is 2.41. The van der Waals surface area contributed by atoms with Crippen LogP contribution < -0.4 is 5.73 Å². The van der Waals surface area contributed by atoms with E-state index in [0.29, 0.717) is 11.5 Å². The fourth-order valence-corrected chi connectivity index (χ4v) is 3.78. The maximum absolute atomic E-state index is 6.29. The molecule has 2 saturated carbocycles. The summed E-state index contributed by atoms with van der Waals surface area (Å²) in [5.41, 5.74) is 6.73. The average molecular weight is 267 g/mol. The summed E-state index contributed by atoms with van der Waals surface area (Å²) in [5, 5.41) is 0. The van der Waals surface area contributed by atoms with Gasteiger partial charge in [-0.15, -0.1) is 0 Å². The van der Waals surface area contributed by atoms with E-state index < -0.39 is 0 Å². The molecule has 19 heavy (non-hydrogen) atoms. The number of nitrogens with two attached hydrogens (primary N) is 1. The first-order chi connectivity index (χ1) is 9.03. The standard InChI is InChI=1S/C17H33NO/c1-4-17(2,3)14-9-10-15(18)16(11-14)19-12-13-7-5-6-8-13/h13-16H,4-12,18H2,1-3H3. The molecule has 3 atom stereocenters. The average Bonchev–Trinajstić information content (AvgIpc) is 2.90. The van der Waals surface area contributed by atoms with Crippen molar-refractivity contribution in [2.75, 3.05) is 6.61 Å². The zero-order valence-electron chi connectivity index (χ0n) is 13.2. The molecule has 3 unspecified atom stereocenters. The van der Waals surface area contributed by atoms with E-state index in [1.807, 2.05) is 0 Å². The zero-order valence-corrected chi connectivity index (χ0v) is 13.2. The second-order valence-electron chi connectivity index (χ2n) is 7.54. The molecule has 0 aromatic heterocycles. The molecule has 0 radical (unpaired) electrons. The molecule has 0 bridgehead atoms. The van der Waals surface area contributed by atoms with E-state index in [0.717, 1.165) is 24.9 Å². The van der Waals surface area contributed by atoms with Crippen LogP contribution in [0.5, 0.6) is 0 Å². The lowest BCUT2D eigenvalue weighted by atomic mass is 9.68. The van der Waals surface area contributed by atoms with Crippen molar-refractivity contribution in [2.24, 2.45) is 23.0 Å². The lowest BCUT2D eigenvalue weighted by molar-refractivity contribution is -0.0348. The van der Waals surface area contributed by atoms with Crippen molar-refractivity contribution in [2.45, 2.75) is 84.3 Å². The van der Waals surface area contributed by atoms with E-state index in [2.05, 4.69) is 20.8 Å². The number of ether oxygens (including phenoxy) is 1. The van der Waals surface area contributed by atoms with Gasteiger partial charge in [0.25, 0.3) is 0 Å². The Kier molecular flexibility index (Phi) is 5.30. The predicted molar refractivity (Wildman–Crippen MR) is 81.1 cm³/mol. The molecule has 2 N–H and O–H groups in total. The van der Waals surface area contributed by atoms with Crippen molar-refractivity contribution in [1.29, 1.82) is 0 Å². The molecule has 0 aromatic rings. The number of hydrogen-bond donors (Lipinski definition) is 1. The van der Waals surface area contributed by atoms with Gasteiger partial charge >= 0.3 is 0 Å². The van der Waals surface area contributed by atoms with Gasteiger partial charge in [0.1, 0.15) is 0 Å². The summed E-state index contributed by atoms with van der Waals surface area (Å²) in [6.07, 6.45) is 10.7. The van der Waals surface area contributed by atoms with Crippen molar-refractivity contribution in [3.8, 4) is 0 Å². The van der Waals surface area contributed by atoms with E-state index in [4.69, 9.17) is 10.5 Å². The Labute approximate surface area is 119 Å². The van der Waals surface area contributed by atoms with Crippen LogP contribution in [0.15, 0.2) is 0 Å². The molecule has 0 aromatic carbocycles. The molecular formula is C17H33NO. The molecule has 2 aliphatic rings. The van der Waals surface area contributed by atoms with Crippen LogP contribution >= 0.6 is 0 Å². The van der Waals surface area contributed by atoms with Crippen LogP contribution in [0.25, 0.3) is 0 Å². The largest absolute Gasteiger partial charge is 0.376 e. The maximum atomic E-state index is 6.29. The van der Waals surface area contributed by atoms with Crippen LogP contribution in [0, 0.1) is 17.3 Å². The van der Waals surface area contributed by atoms with Gasteiger partial charge in [0.05, 0.1) is 6.10 Å². The highest BCUT2D eigenvalue weighted by molar-refractivity contribution is 4.89. The molecule has 2 aliphatic carbocycles. The first-order valence-electron chi connectivity index (χ1n) is 8.40. The van der Waals surface area contributed by atoms with Gasteiger partial charge in [0, 0.05) is 12.6 Å². The summed E-state index contributed by atoms with van der Waals surface area (Å²) >= 11 is 0. The highest BCUT2D eigenvalue weighted by Gasteiger charge is 2.36. The molecule has 0 heterocycles. The van der Waals surface area contributed by atoms with Crippen molar-refractivity contribution in [3.05, 3.63) is 0 Å². The van der Waals surface area contributed by atoms with Gasteiger partial charge in [0.2, 0.25) is 0 Å². The van der Waals surface area contributed by atoms with E-state index in [1.54, 1.807) is 0 Å². The van der Waals surface area contributed by atoms with Crippen LogP contribution in [-0.2, 0) is 4.74 Å². The fraction of sp³-hybridized carbons (Fsp3) is 1.00. The summed E-state index contributed by atoms with van der Waals surface area (Å²) in [4.78, 5) is 0. The first-order valence-corrected chi connectivity index (χ1v) is 8.40. The Balaban J connectivity index is 1.83. The van der Waals surface area contributed by atoms with Gasteiger partial charge in [-0.2, -0.15) is 0 Å². The first kappa shape index (κ1) is 15.3. The van der Waals surface area contributed by atoms with Gasteiger partial charge in [-0.3, -0.25) is 0 Å². The second kappa shape index (κ2) is 6.58. The van der Waals surface area contributed by atoms with Crippen molar-refractivity contribution >= 4 is 0 Å². The van der Waals surface area contributed by atoms with Crippen LogP contribution in [0.4, 0.5) is 0 Å². The lowest BCUT2D eigenvalue weighted by Gasteiger charge is -2.42. The van der Waals surface area contributed by atoms with Crippen LogP contribution in [0.2, 0.25) is 0 Å². The molecule has 2 heteroatoms. The third kappa shape index (κ3) is 3.95. The Morgan fingerprint density at radius 3 is 2.42 bits per heavy atom. The Hall–Kier alpha value is -0.0800. The van der Waals surface area contributed by atoms with Gasteiger partial charge in [0.15, 0.2) is 0 Å². The third-order valence-electron chi connectivity index (χ3n) is 5.88. The van der Waals surface area contributed by atoms with E-state index >= 15 is 0 Å². The number of hydrogen-bond acceptors (Lipinski definition) is 2. The van der Waals surface area contributed by atoms with Gasteiger partial charge in [-0.25, -0.2) is 0 Å². The van der Waals surface area contributed by atoms with Gasteiger partial charge < -0.3 is 10.5 Å². The molecule has 112 valence electrons. The van der Waals surface area contributed by atoms with Crippen LogP contribution in [0.3, 0.4) is 0 Å². The Bertz CT molecular complexity index is 270. The van der Waals surface area contributed by atoms with E-state index in [-0.39, 0.29) is 6.04 Å². The van der Waals surface area contributed by atoms with Crippen molar-refractivity contribution < 1.29 is 4.74 Å². The Morgan fingerprint density at radius 2 is 1.79 bits per heavy atom. The fourth-order valence-electron chi connectivity index (χ4n) is 3.78. The number of rotatable bonds is 5. The zero-order chi connectivity index (χ0) is 13.9. The molecule has 0 spiro atoms. The molecule has 0 saturated heterocycles. The molecule has 0 aliphatic heterocycles. The quantitative estimate of drug-likeness (QED) is 0.813. The van der Waals surface area contributed by atoms with Crippen molar-refractivity contribution in [1.82, 2.24) is 0 Å². The molecule has 2 nitrogen and oxygen atoms in total. The molecule has 2 rings (SSSR count). The second-order valence-corrected chi connectivity index (χ2v) is 7.54. The summed E-state index contributed by atoms with van der Waals surface area (Å²) in [7, 11) is 0. The topological polar surface area (TPSA) is 35.2 Å². The summed E-state index contributed by atoms with van der Waals surface area (Å²) in [6.45, 7) is 8.08. The lowest BCUT2D eigenvalue weighted by Crippen LogP contribution is -2.45. The predicted octanol–water partition coefficient (Wildman–Crippen LogP) is 4.13. The third-order valence-corrected chi connectivity index (χ3v) is 5.88. The van der Waals surface area contributed by atoms with Crippen molar-refractivity contribution in [3.63, 3.8) is 0 Å². The normalized spacial score (nSPS) is 33.8. The minimum absolute atomic E-state index is 0.269. The Morgan fingerprint density at radius 1 is 1.11 bits per heavy atom. The molecule has 0 amide bonds. The van der Waals surface area contributed by atoms with Gasteiger partial charge in [-0.05, 0) is 49.4 Å². The monoisotopic (exact) mass is 267 g/mol. The van der Waals surface area contributed by atoms with Crippen LogP contribution in [0.1, 0.15) is 72.1 Å². The van der Waals surface area contributed by atoms with Gasteiger partial charge in [-0.1, -0.05) is 40.0 Å². The van der Waals surface area contributed by atoms with E-state index in [9.17, 15) is 0 Å². The smallest absolute Gasteiger partial charge is 0.0728 e. The van der Waals surface area contributed by atoms with E-state index in [1.165, 1.54) is 44.9 Å². The summed E-state index contributed by atoms with van der Waals surface area (Å²) < 4.78 is 6.22. The minimum atomic E-state index is 0.269. The SMILES string of the molecule is CCC(C)(C)C1CCC(N)C(OCC2CCCC2)C1. The molecular weight excluding hydrogens is 234 g/mol. The summed E-state index contributed by atoms with van der Waals surface area (Å²) in [5.74, 6) is 1.60. The summed E-state index contributed by atoms with van der Waals surface area (Å²) in [6, 6.07) is 0.269. The van der Waals surface area contributed by atoms with Crippen LogP contribution in [-0.4, -0.2) is 18.8 Å². The molecule has 2 fully saturated rings. The maximum Gasteiger partial charge on any atom is 0.0728 e.